The van der Waals surface area contributed by atoms with Crippen molar-refractivity contribution in [2.24, 2.45) is 0 Å². The molecule has 0 saturated carbocycles. The molecule has 0 aliphatic carbocycles. The van der Waals surface area contributed by atoms with Gasteiger partial charge >= 0.3 is 6.18 Å². The molecule has 1 amide bonds. The molecule has 1 heterocycles. The SMILES string of the molecule is Cc1cc(C(=O)Nc2ccccc2[C@H](O)C(F)(F)F)sc1C. The topological polar surface area (TPSA) is 49.3 Å². The fourth-order valence-corrected chi connectivity index (χ4v) is 2.82. The number of aliphatic hydroxyl groups is 1. The summed E-state index contributed by atoms with van der Waals surface area (Å²) in [4.78, 5) is 13.5. The van der Waals surface area contributed by atoms with E-state index >= 15 is 0 Å². The number of hydrogen-bond donors (Lipinski definition) is 2. The van der Waals surface area contributed by atoms with Crippen molar-refractivity contribution in [3.05, 3.63) is 51.2 Å². The lowest BCUT2D eigenvalue weighted by Gasteiger charge is -2.18. The highest BCUT2D eigenvalue weighted by atomic mass is 32.1. The van der Waals surface area contributed by atoms with E-state index in [1.165, 1.54) is 29.5 Å². The molecular formula is C15H14F3NO2S. The summed E-state index contributed by atoms with van der Waals surface area (Å²) in [6.45, 7) is 3.71. The van der Waals surface area contributed by atoms with Gasteiger partial charge in [0.15, 0.2) is 6.10 Å². The van der Waals surface area contributed by atoms with Gasteiger partial charge in [0.1, 0.15) is 0 Å². The van der Waals surface area contributed by atoms with Gasteiger partial charge in [-0.15, -0.1) is 11.3 Å². The van der Waals surface area contributed by atoms with Crippen LogP contribution in [0.3, 0.4) is 0 Å². The van der Waals surface area contributed by atoms with Crippen LogP contribution in [0.15, 0.2) is 30.3 Å². The molecule has 1 aromatic carbocycles. The van der Waals surface area contributed by atoms with Crippen LogP contribution in [0.25, 0.3) is 0 Å². The van der Waals surface area contributed by atoms with E-state index in [2.05, 4.69) is 5.32 Å². The summed E-state index contributed by atoms with van der Waals surface area (Å²) in [5.41, 5.74) is 0.508. The van der Waals surface area contributed by atoms with Gasteiger partial charge in [-0.2, -0.15) is 13.2 Å². The van der Waals surface area contributed by atoms with Gasteiger partial charge in [0.2, 0.25) is 0 Å². The number of para-hydroxylation sites is 1. The minimum Gasteiger partial charge on any atom is -0.379 e. The van der Waals surface area contributed by atoms with Crippen molar-refractivity contribution in [1.82, 2.24) is 0 Å². The highest BCUT2D eigenvalue weighted by Crippen LogP contribution is 2.36. The lowest BCUT2D eigenvalue weighted by molar-refractivity contribution is -0.206. The van der Waals surface area contributed by atoms with Crippen LogP contribution in [0, 0.1) is 13.8 Å². The van der Waals surface area contributed by atoms with Crippen LogP contribution < -0.4 is 5.32 Å². The third-order valence-electron chi connectivity index (χ3n) is 3.20. The molecule has 118 valence electrons. The predicted molar refractivity (Wildman–Crippen MR) is 79.2 cm³/mol. The van der Waals surface area contributed by atoms with Crippen LogP contribution in [0.5, 0.6) is 0 Å². The van der Waals surface area contributed by atoms with Crippen LogP contribution >= 0.6 is 11.3 Å². The van der Waals surface area contributed by atoms with Gasteiger partial charge in [-0.05, 0) is 31.5 Å². The van der Waals surface area contributed by atoms with E-state index in [1.807, 2.05) is 13.8 Å². The highest BCUT2D eigenvalue weighted by molar-refractivity contribution is 7.14. The summed E-state index contributed by atoms with van der Waals surface area (Å²) >= 11 is 1.26. The minimum absolute atomic E-state index is 0.0546. The third-order valence-corrected chi connectivity index (χ3v) is 4.35. The number of halogens is 3. The first-order valence-corrected chi connectivity index (χ1v) is 7.24. The number of nitrogens with one attached hydrogen (secondary N) is 1. The monoisotopic (exact) mass is 329 g/mol. The van der Waals surface area contributed by atoms with Gasteiger partial charge < -0.3 is 10.4 Å². The van der Waals surface area contributed by atoms with Gasteiger partial charge in [0.25, 0.3) is 5.91 Å². The average molecular weight is 329 g/mol. The smallest absolute Gasteiger partial charge is 0.379 e. The Morgan fingerprint density at radius 1 is 1.27 bits per heavy atom. The van der Waals surface area contributed by atoms with Crippen molar-refractivity contribution in [1.29, 1.82) is 0 Å². The maximum absolute atomic E-state index is 12.7. The van der Waals surface area contributed by atoms with E-state index in [4.69, 9.17) is 0 Å². The number of amides is 1. The summed E-state index contributed by atoms with van der Waals surface area (Å²) < 4.78 is 38.0. The number of carbonyl (C=O) groups is 1. The molecule has 2 N–H and O–H groups in total. The number of rotatable bonds is 3. The summed E-state index contributed by atoms with van der Waals surface area (Å²) in [6.07, 6.45) is -7.44. The van der Waals surface area contributed by atoms with Gasteiger partial charge in [-0.25, -0.2) is 0 Å². The first-order chi connectivity index (χ1) is 10.2. The molecule has 22 heavy (non-hydrogen) atoms. The van der Waals surface area contributed by atoms with Crippen LogP contribution in [0.2, 0.25) is 0 Å². The number of aryl methyl sites for hydroxylation is 2. The molecule has 1 atom stereocenters. The molecule has 3 nitrogen and oxygen atoms in total. The second kappa shape index (κ2) is 6.10. The fourth-order valence-electron chi connectivity index (χ4n) is 1.89. The normalized spacial score (nSPS) is 13.0. The quantitative estimate of drug-likeness (QED) is 0.886. The molecular weight excluding hydrogens is 315 g/mol. The van der Waals surface area contributed by atoms with E-state index in [1.54, 1.807) is 6.07 Å². The van der Waals surface area contributed by atoms with Crippen molar-refractivity contribution < 1.29 is 23.1 Å². The minimum atomic E-state index is -4.79. The first-order valence-electron chi connectivity index (χ1n) is 6.42. The molecule has 0 radical (unpaired) electrons. The molecule has 0 unspecified atom stereocenters. The van der Waals surface area contributed by atoms with E-state index in [-0.39, 0.29) is 11.3 Å². The van der Waals surface area contributed by atoms with Gasteiger partial charge in [0.05, 0.1) is 4.88 Å². The highest BCUT2D eigenvalue weighted by Gasteiger charge is 2.40. The zero-order valence-electron chi connectivity index (χ0n) is 11.9. The number of benzene rings is 1. The Kier molecular flexibility index (Phi) is 4.58. The van der Waals surface area contributed by atoms with Crippen LogP contribution in [0.4, 0.5) is 18.9 Å². The zero-order chi connectivity index (χ0) is 16.5. The molecule has 2 rings (SSSR count). The average Bonchev–Trinajstić information content (AvgIpc) is 2.78. The number of aliphatic hydroxyl groups excluding tert-OH is 1. The molecule has 0 aliphatic rings. The Bertz CT molecular complexity index is 675. The fraction of sp³-hybridized carbons (Fsp3) is 0.267. The van der Waals surface area contributed by atoms with Crippen LogP contribution in [-0.2, 0) is 0 Å². The lowest BCUT2D eigenvalue weighted by Crippen LogP contribution is -2.22. The Morgan fingerprint density at radius 2 is 1.91 bits per heavy atom. The second-order valence-electron chi connectivity index (χ2n) is 4.84. The molecule has 2 aromatic rings. The molecule has 0 fully saturated rings. The third kappa shape index (κ3) is 3.48. The summed E-state index contributed by atoms with van der Waals surface area (Å²) in [5.74, 6) is -0.497. The van der Waals surface area contributed by atoms with Crippen molar-refractivity contribution in [3.63, 3.8) is 0 Å². The zero-order valence-corrected chi connectivity index (χ0v) is 12.7. The Balaban J connectivity index is 2.28. The van der Waals surface area contributed by atoms with Gasteiger partial charge in [-0.1, -0.05) is 18.2 Å². The van der Waals surface area contributed by atoms with Crippen molar-refractivity contribution >= 4 is 22.9 Å². The number of thiophene rings is 1. The maximum atomic E-state index is 12.7. The summed E-state index contributed by atoms with van der Waals surface area (Å²) in [6, 6.07) is 7.01. The van der Waals surface area contributed by atoms with E-state index in [0.717, 1.165) is 16.5 Å². The lowest BCUT2D eigenvalue weighted by atomic mass is 10.1. The number of alkyl halides is 3. The molecule has 0 bridgehead atoms. The van der Waals surface area contributed by atoms with E-state index in [0.29, 0.717) is 4.88 Å². The molecule has 0 spiro atoms. The standard InChI is InChI=1S/C15H14F3NO2S/c1-8-7-12(22-9(8)2)14(21)19-11-6-4-3-5-10(11)13(20)15(16,17)18/h3-7,13,20H,1-2H3,(H,19,21)/t13-/m0/s1. The largest absolute Gasteiger partial charge is 0.418 e. The predicted octanol–water partition coefficient (Wildman–Crippen LogP) is 4.21. The number of anilines is 1. The summed E-state index contributed by atoms with van der Waals surface area (Å²) in [5, 5.41) is 11.8. The Hall–Kier alpha value is -1.86. The van der Waals surface area contributed by atoms with Crippen LogP contribution in [-0.4, -0.2) is 17.2 Å². The molecule has 0 aliphatic heterocycles. The second-order valence-corrected chi connectivity index (χ2v) is 6.09. The van der Waals surface area contributed by atoms with Crippen molar-refractivity contribution in [2.75, 3.05) is 5.32 Å². The van der Waals surface area contributed by atoms with Crippen LogP contribution in [0.1, 0.15) is 31.8 Å². The van der Waals surface area contributed by atoms with Crippen molar-refractivity contribution in [3.8, 4) is 0 Å². The Labute approximate surface area is 129 Å². The maximum Gasteiger partial charge on any atom is 0.418 e. The van der Waals surface area contributed by atoms with Gasteiger partial charge in [0, 0.05) is 16.1 Å². The first kappa shape index (κ1) is 16.5. The van der Waals surface area contributed by atoms with Crippen molar-refractivity contribution in [2.45, 2.75) is 26.1 Å². The molecule has 1 aromatic heterocycles. The molecule has 0 saturated heterocycles. The number of carbonyl (C=O) groups excluding carboxylic acids is 1. The van der Waals surface area contributed by atoms with E-state index in [9.17, 15) is 23.1 Å². The molecule has 7 heteroatoms. The number of hydrogen-bond acceptors (Lipinski definition) is 3. The van der Waals surface area contributed by atoms with E-state index < -0.39 is 18.2 Å². The summed E-state index contributed by atoms with van der Waals surface area (Å²) in [7, 11) is 0. The van der Waals surface area contributed by atoms with Gasteiger partial charge in [-0.3, -0.25) is 4.79 Å². The Morgan fingerprint density at radius 3 is 2.45 bits per heavy atom.